The summed E-state index contributed by atoms with van der Waals surface area (Å²) >= 11 is 1.76. The third-order valence-corrected chi connectivity index (χ3v) is 4.39. The predicted molar refractivity (Wildman–Crippen MR) is 81.3 cm³/mol. The molecule has 1 aliphatic heterocycles. The molecule has 0 aliphatic carbocycles. The minimum absolute atomic E-state index is 0.746. The molecule has 96 valence electrons. The molecule has 2 nitrogen and oxygen atoms in total. The average Bonchev–Trinajstić information content (AvgIpc) is 2.46. The number of aliphatic imine (C=N–C) groups is 1. The number of thioether (sulfide) groups is 1. The fourth-order valence-electron chi connectivity index (χ4n) is 2.13. The van der Waals surface area contributed by atoms with Crippen molar-refractivity contribution in [2.45, 2.75) is 18.0 Å². The number of nitrogens with zero attached hydrogens (tertiary/aromatic N) is 2. The van der Waals surface area contributed by atoms with Crippen LogP contribution in [-0.2, 0) is 13.1 Å². The highest BCUT2D eigenvalue weighted by atomic mass is 32.2. The third kappa shape index (κ3) is 2.82. The highest BCUT2D eigenvalue weighted by Crippen LogP contribution is 2.31. The summed E-state index contributed by atoms with van der Waals surface area (Å²) in [4.78, 5) is 8.28. The zero-order chi connectivity index (χ0) is 13.1. The van der Waals surface area contributed by atoms with E-state index in [0.717, 1.165) is 18.3 Å². The molecule has 0 unspecified atom stereocenters. The molecular formula is C16H16N2S. The SMILES string of the molecule is CN1Cc2ccccc2SC1=NCc1ccccc1. The molecule has 0 amide bonds. The lowest BCUT2D eigenvalue weighted by Gasteiger charge is -2.27. The first kappa shape index (κ1) is 12.3. The van der Waals surface area contributed by atoms with E-state index in [-0.39, 0.29) is 0 Å². The van der Waals surface area contributed by atoms with E-state index >= 15 is 0 Å². The van der Waals surface area contributed by atoms with E-state index in [0.29, 0.717) is 0 Å². The van der Waals surface area contributed by atoms with Gasteiger partial charge in [0.25, 0.3) is 0 Å². The van der Waals surface area contributed by atoms with Gasteiger partial charge in [-0.15, -0.1) is 0 Å². The largest absolute Gasteiger partial charge is 0.350 e. The molecule has 0 saturated carbocycles. The van der Waals surface area contributed by atoms with Crippen molar-refractivity contribution in [1.29, 1.82) is 0 Å². The Balaban J connectivity index is 1.79. The van der Waals surface area contributed by atoms with Gasteiger partial charge in [0.15, 0.2) is 5.17 Å². The molecule has 0 N–H and O–H groups in total. The smallest absolute Gasteiger partial charge is 0.164 e. The first-order valence-corrected chi connectivity index (χ1v) is 7.20. The maximum atomic E-state index is 4.74. The zero-order valence-electron chi connectivity index (χ0n) is 10.9. The van der Waals surface area contributed by atoms with Crippen LogP contribution in [0.15, 0.2) is 64.5 Å². The van der Waals surface area contributed by atoms with E-state index in [1.807, 2.05) is 6.07 Å². The summed E-state index contributed by atoms with van der Waals surface area (Å²) in [5, 5.41) is 1.10. The summed E-state index contributed by atoms with van der Waals surface area (Å²) in [5.41, 5.74) is 2.64. The number of rotatable bonds is 2. The maximum absolute atomic E-state index is 4.74. The van der Waals surface area contributed by atoms with Crippen LogP contribution in [0.3, 0.4) is 0 Å². The molecule has 1 heterocycles. The molecule has 0 fully saturated rings. The topological polar surface area (TPSA) is 15.6 Å². The molecule has 0 saturated heterocycles. The normalized spacial score (nSPS) is 16.5. The number of fused-ring (bicyclic) bond motifs is 1. The number of amidine groups is 1. The second-order valence-corrected chi connectivity index (χ2v) is 5.66. The predicted octanol–water partition coefficient (Wildman–Crippen LogP) is 3.78. The van der Waals surface area contributed by atoms with Gasteiger partial charge in [-0.05, 0) is 17.2 Å². The van der Waals surface area contributed by atoms with Crippen molar-refractivity contribution < 1.29 is 0 Å². The highest BCUT2D eigenvalue weighted by molar-refractivity contribution is 8.13. The van der Waals surface area contributed by atoms with Crippen molar-refractivity contribution in [2.75, 3.05) is 7.05 Å². The second kappa shape index (κ2) is 5.49. The lowest BCUT2D eigenvalue weighted by Crippen LogP contribution is -2.27. The molecule has 0 bridgehead atoms. The third-order valence-electron chi connectivity index (χ3n) is 3.15. The summed E-state index contributed by atoms with van der Waals surface area (Å²) in [7, 11) is 2.10. The van der Waals surface area contributed by atoms with Gasteiger partial charge in [-0.1, -0.05) is 60.3 Å². The van der Waals surface area contributed by atoms with Crippen LogP contribution in [0.1, 0.15) is 11.1 Å². The summed E-state index contributed by atoms with van der Waals surface area (Å²) in [6.45, 7) is 1.69. The molecule has 1 aliphatic rings. The molecule has 3 rings (SSSR count). The van der Waals surface area contributed by atoms with Crippen molar-refractivity contribution in [2.24, 2.45) is 4.99 Å². The van der Waals surface area contributed by atoms with Crippen LogP contribution in [-0.4, -0.2) is 17.1 Å². The Morgan fingerprint density at radius 3 is 2.63 bits per heavy atom. The Morgan fingerprint density at radius 2 is 1.79 bits per heavy atom. The van der Waals surface area contributed by atoms with Gasteiger partial charge < -0.3 is 4.90 Å². The minimum atomic E-state index is 0.746. The van der Waals surface area contributed by atoms with Gasteiger partial charge in [0.2, 0.25) is 0 Å². The number of hydrogen-bond donors (Lipinski definition) is 0. The van der Waals surface area contributed by atoms with Gasteiger partial charge in [-0.25, -0.2) is 0 Å². The lowest BCUT2D eigenvalue weighted by molar-refractivity contribution is 0.498. The van der Waals surface area contributed by atoms with Crippen LogP contribution in [0.5, 0.6) is 0 Å². The van der Waals surface area contributed by atoms with Crippen molar-refractivity contribution in [3.8, 4) is 0 Å². The summed E-state index contributed by atoms with van der Waals surface area (Å²) in [5.74, 6) is 0. The maximum Gasteiger partial charge on any atom is 0.164 e. The van der Waals surface area contributed by atoms with E-state index in [1.165, 1.54) is 16.0 Å². The summed E-state index contributed by atoms with van der Waals surface area (Å²) in [6.07, 6.45) is 0. The van der Waals surface area contributed by atoms with Crippen molar-refractivity contribution >= 4 is 16.9 Å². The molecule has 0 radical (unpaired) electrons. The van der Waals surface area contributed by atoms with Crippen LogP contribution < -0.4 is 0 Å². The number of benzene rings is 2. The molecule has 2 aromatic rings. The molecular weight excluding hydrogens is 252 g/mol. The van der Waals surface area contributed by atoms with E-state index in [4.69, 9.17) is 4.99 Å². The minimum Gasteiger partial charge on any atom is -0.350 e. The van der Waals surface area contributed by atoms with Crippen molar-refractivity contribution in [3.05, 3.63) is 65.7 Å². The van der Waals surface area contributed by atoms with E-state index in [2.05, 4.69) is 60.5 Å². The molecule has 19 heavy (non-hydrogen) atoms. The van der Waals surface area contributed by atoms with Gasteiger partial charge in [0.1, 0.15) is 0 Å². The van der Waals surface area contributed by atoms with E-state index in [9.17, 15) is 0 Å². The first-order valence-electron chi connectivity index (χ1n) is 6.38. The Bertz CT molecular complexity index is 593. The summed E-state index contributed by atoms with van der Waals surface area (Å²) < 4.78 is 0. The molecule has 3 heteroatoms. The highest BCUT2D eigenvalue weighted by Gasteiger charge is 2.18. The van der Waals surface area contributed by atoms with Crippen LogP contribution in [0, 0.1) is 0 Å². The Hall–Kier alpha value is -1.74. The van der Waals surface area contributed by atoms with E-state index < -0.39 is 0 Å². The van der Waals surface area contributed by atoms with Gasteiger partial charge in [-0.3, -0.25) is 4.99 Å². The van der Waals surface area contributed by atoms with Crippen LogP contribution in [0.25, 0.3) is 0 Å². The van der Waals surface area contributed by atoms with Gasteiger partial charge in [0, 0.05) is 18.5 Å². The summed E-state index contributed by atoms with van der Waals surface area (Å²) in [6, 6.07) is 18.9. The monoisotopic (exact) mass is 268 g/mol. The van der Waals surface area contributed by atoms with E-state index in [1.54, 1.807) is 11.8 Å². The fraction of sp³-hybridized carbons (Fsp3) is 0.188. The Labute approximate surface area is 118 Å². The van der Waals surface area contributed by atoms with Crippen LogP contribution in [0.4, 0.5) is 0 Å². The standard InChI is InChI=1S/C16H16N2S/c1-18-12-14-9-5-6-10-15(14)19-16(18)17-11-13-7-3-2-4-8-13/h2-10H,11-12H2,1H3. The molecule has 0 atom stereocenters. The quantitative estimate of drug-likeness (QED) is 0.823. The fourth-order valence-corrected chi connectivity index (χ4v) is 3.09. The lowest BCUT2D eigenvalue weighted by atomic mass is 10.2. The Kier molecular flexibility index (Phi) is 3.56. The van der Waals surface area contributed by atoms with Gasteiger partial charge in [0.05, 0.1) is 6.54 Å². The van der Waals surface area contributed by atoms with Crippen molar-refractivity contribution in [1.82, 2.24) is 4.90 Å². The second-order valence-electron chi connectivity index (χ2n) is 4.65. The zero-order valence-corrected chi connectivity index (χ0v) is 11.7. The van der Waals surface area contributed by atoms with Gasteiger partial charge in [-0.2, -0.15) is 0 Å². The van der Waals surface area contributed by atoms with Crippen LogP contribution >= 0.6 is 11.8 Å². The number of hydrogen-bond acceptors (Lipinski definition) is 2. The Morgan fingerprint density at radius 1 is 1.05 bits per heavy atom. The molecule has 0 aromatic heterocycles. The average molecular weight is 268 g/mol. The van der Waals surface area contributed by atoms with Crippen molar-refractivity contribution in [3.63, 3.8) is 0 Å². The van der Waals surface area contributed by atoms with Gasteiger partial charge >= 0.3 is 0 Å². The molecule has 2 aromatic carbocycles. The van der Waals surface area contributed by atoms with Crippen LogP contribution in [0.2, 0.25) is 0 Å². The first-order chi connectivity index (χ1) is 9.33. The molecule has 0 spiro atoms.